The molecule has 0 bridgehead atoms. The fourth-order valence-electron chi connectivity index (χ4n) is 3.81. The smallest absolute Gasteiger partial charge is 0.230 e. The number of aryl methyl sites for hydroxylation is 2. The second-order valence-corrected chi connectivity index (χ2v) is 6.66. The van der Waals surface area contributed by atoms with Crippen molar-refractivity contribution >= 4 is 5.91 Å². The van der Waals surface area contributed by atoms with Crippen molar-refractivity contribution < 1.29 is 9.21 Å². The molecule has 2 fully saturated rings. The highest BCUT2D eigenvalue weighted by Crippen LogP contribution is 2.44. The van der Waals surface area contributed by atoms with Crippen LogP contribution in [0.2, 0.25) is 0 Å². The lowest BCUT2D eigenvalue weighted by molar-refractivity contribution is -0.135. The van der Waals surface area contributed by atoms with Crippen molar-refractivity contribution in [3.05, 3.63) is 23.2 Å². The van der Waals surface area contributed by atoms with Crippen LogP contribution in [0.5, 0.6) is 0 Å². The summed E-state index contributed by atoms with van der Waals surface area (Å²) in [5.74, 6) is 2.78. The Bertz CT molecular complexity index is 517. The molecule has 0 saturated carbocycles. The van der Waals surface area contributed by atoms with Gasteiger partial charge >= 0.3 is 0 Å². The van der Waals surface area contributed by atoms with Crippen LogP contribution >= 0.6 is 0 Å². The van der Waals surface area contributed by atoms with E-state index >= 15 is 0 Å². The van der Waals surface area contributed by atoms with Gasteiger partial charge in [0, 0.05) is 26.7 Å². The molecule has 110 valence electrons. The van der Waals surface area contributed by atoms with Gasteiger partial charge in [0.05, 0.1) is 12.0 Å². The maximum atomic E-state index is 12.5. The third-order valence-electron chi connectivity index (χ3n) is 5.24. The fourth-order valence-corrected chi connectivity index (χ4v) is 3.81. The largest absolute Gasteiger partial charge is 0.465 e. The molecule has 3 heterocycles. The standard InChI is InChI=1S/C16H24N2O2/c1-11-7-14(20-13(11)3)9-18-8-12(2)16(10-18)5-6-17(4)15(16)19/h7,12H,5-6,8-10H2,1-4H3/t12-,16-/m1/s1. The Morgan fingerprint density at radius 3 is 2.75 bits per heavy atom. The molecule has 0 aliphatic carbocycles. The van der Waals surface area contributed by atoms with Crippen molar-refractivity contribution in [2.45, 2.75) is 33.7 Å². The predicted molar refractivity (Wildman–Crippen MR) is 77.3 cm³/mol. The molecule has 2 saturated heterocycles. The van der Waals surface area contributed by atoms with Gasteiger partial charge in [-0.3, -0.25) is 9.69 Å². The molecule has 0 radical (unpaired) electrons. The molecule has 4 nitrogen and oxygen atoms in total. The minimum atomic E-state index is -0.147. The minimum absolute atomic E-state index is 0.147. The number of furan rings is 1. The van der Waals surface area contributed by atoms with Crippen LogP contribution in [0.4, 0.5) is 0 Å². The lowest BCUT2D eigenvalue weighted by atomic mass is 9.78. The molecule has 2 aliphatic heterocycles. The molecule has 1 spiro atoms. The van der Waals surface area contributed by atoms with E-state index in [-0.39, 0.29) is 5.41 Å². The van der Waals surface area contributed by atoms with Crippen LogP contribution in [-0.2, 0) is 11.3 Å². The number of rotatable bonds is 2. The molecular weight excluding hydrogens is 252 g/mol. The average molecular weight is 276 g/mol. The number of nitrogens with zero attached hydrogens (tertiary/aromatic N) is 2. The molecule has 20 heavy (non-hydrogen) atoms. The first kappa shape index (κ1) is 13.7. The quantitative estimate of drug-likeness (QED) is 0.831. The van der Waals surface area contributed by atoms with E-state index in [1.54, 1.807) is 0 Å². The monoisotopic (exact) mass is 276 g/mol. The van der Waals surface area contributed by atoms with E-state index in [0.29, 0.717) is 11.8 Å². The lowest BCUT2D eigenvalue weighted by Crippen LogP contribution is -2.38. The summed E-state index contributed by atoms with van der Waals surface area (Å²) in [5.41, 5.74) is 1.06. The van der Waals surface area contributed by atoms with Crippen molar-refractivity contribution in [1.82, 2.24) is 9.80 Å². The number of amides is 1. The Balaban J connectivity index is 1.74. The summed E-state index contributed by atoms with van der Waals surface area (Å²) >= 11 is 0. The summed E-state index contributed by atoms with van der Waals surface area (Å²) in [5, 5.41) is 0. The fraction of sp³-hybridized carbons (Fsp3) is 0.688. The number of carbonyl (C=O) groups is 1. The topological polar surface area (TPSA) is 36.7 Å². The summed E-state index contributed by atoms with van der Waals surface area (Å²) in [6, 6.07) is 2.12. The van der Waals surface area contributed by atoms with Crippen LogP contribution in [-0.4, -0.2) is 42.4 Å². The van der Waals surface area contributed by atoms with E-state index in [1.807, 2.05) is 18.9 Å². The van der Waals surface area contributed by atoms with Gasteiger partial charge in [-0.05, 0) is 37.8 Å². The normalized spacial score (nSPS) is 30.9. The first-order valence-electron chi connectivity index (χ1n) is 7.46. The van der Waals surface area contributed by atoms with Gasteiger partial charge in [0.15, 0.2) is 0 Å². The SMILES string of the molecule is Cc1cc(CN2C[C@@H](C)[C@@]3(CCN(C)C3=O)C2)oc1C. The Hall–Kier alpha value is -1.29. The number of carbonyl (C=O) groups excluding carboxylic acids is 1. The van der Waals surface area contributed by atoms with Gasteiger partial charge in [-0.2, -0.15) is 0 Å². The van der Waals surface area contributed by atoms with Gasteiger partial charge in [-0.15, -0.1) is 0 Å². The predicted octanol–water partition coefficient (Wildman–Crippen LogP) is 2.20. The molecule has 1 aromatic heterocycles. The van der Waals surface area contributed by atoms with Gasteiger partial charge in [0.1, 0.15) is 11.5 Å². The van der Waals surface area contributed by atoms with Gasteiger partial charge < -0.3 is 9.32 Å². The molecular formula is C16H24N2O2. The molecule has 3 rings (SSSR count). The Labute approximate surface area is 120 Å². The zero-order valence-electron chi connectivity index (χ0n) is 12.9. The van der Waals surface area contributed by atoms with Crippen molar-refractivity contribution in [1.29, 1.82) is 0 Å². The molecule has 4 heteroatoms. The van der Waals surface area contributed by atoms with Crippen molar-refractivity contribution in [2.24, 2.45) is 11.3 Å². The maximum Gasteiger partial charge on any atom is 0.230 e. The van der Waals surface area contributed by atoms with Crippen LogP contribution in [0.15, 0.2) is 10.5 Å². The molecule has 2 atom stereocenters. The minimum Gasteiger partial charge on any atom is -0.465 e. The summed E-state index contributed by atoms with van der Waals surface area (Å²) in [4.78, 5) is 16.7. The molecule has 1 amide bonds. The lowest BCUT2D eigenvalue weighted by Gasteiger charge is -2.25. The maximum absolute atomic E-state index is 12.5. The number of hydrogen-bond donors (Lipinski definition) is 0. The highest BCUT2D eigenvalue weighted by molar-refractivity contribution is 5.85. The van der Waals surface area contributed by atoms with E-state index in [9.17, 15) is 4.79 Å². The van der Waals surface area contributed by atoms with E-state index < -0.39 is 0 Å². The van der Waals surface area contributed by atoms with Gasteiger partial charge in [-0.1, -0.05) is 6.92 Å². The highest BCUT2D eigenvalue weighted by atomic mass is 16.3. The number of hydrogen-bond acceptors (Lipinski definition) is 3. The molecule has 0 unspecified atom stereocenters. The molecule has 1 aromatic rings. The molecule has 0 N–H and O–H groups in total. The van der Waals surface area contributed by atoms with Crippen LogP contribution < -0.4 is 0 Å². The van der Waals surface area contributed by atoms with Crippen LogP contribution in [0.1, 0.15) is 30.4 Å². The van der Waals surface area contributed by atoms with Crippen LogP contribution in [0, 0.1) is 25.2 Å². The van der Waals surface area contributed by atoms with Crippen molar-refractivity contribution in [2.75, 3.05) is 26.7 Å². The van der Waals surface area contributed by atoms with E-state index in [2.05, 4.69) is 24.8 Å². The highest BCUT2D eigenvalue weighted by Gasteiger charge is 2.54. The zero-order chi connectivity index (χ0) is 14.5. The Morgan fingerprint density at radius 1 is 1.45 bits per heavy atom. The van der Waals surface area contributed by atoms with Crippen molar-refractivity contribution in [3.8, 4) is 0 Å². The second-order valence-electron chi connectivity index (χ2n) is 6.66. The van der Waals surface area contributed by atoms with Crippen molar-refractivity contribution in [3.63, 3.8) is 0 Å². The molecule has 2 aliphatic rings. The van der Waals surface area contributed by atoms with Crippen LogP contribution in [0.3, 0.4) is 0 Å². The average Bonchev–Trinajstić information content (AvgIpc) is 2.96. The zero-order valence-corrected chi connectivity index (χ0v) is 12.9. The van der Waals surface area contributed by atoms with Gasteiger partial charge in [0.25, 0.3) is 0 Å². The second kappa shape index (κ2) is 4.62. The van der Waals surface area contributed by atoms with Gasteiger partial charge in [-0.25, -0.2) is 0 Å². The summed E-state index contributed by atoms with van der Waals surface area (Å²) in [6.45, 7) is 9.87. The first-order valence-corrected chi connectivity index (χ1v) is 7.46. The summed E-state index contributed by atoms with van der Waals surface area (Å²) < 4.78 is 5.77. The Kier molecular flexibility index (Phi) is 3.16. The first-order chi connectivity index (χ1) is 9.42. The summed E-state index contributed by atoms with van der Waals surface area (Å²) in [6.07, 6.45) is 0.996. The van der Waals surface area contributed by atoms with E-state index in [1.165, 1.54) is 5.56 Å². The number of likely N-dealkylation sites (tertiary alicyclic amines) is 2. The van der Waals surface area contributed by atoms with Crippen LogP contribution in [0.25, 0.3) is 0 Å². The molecule has 0 aromatic carbocycles. The summed E-state index contributed by atoms with van der Waals surface area (Å²) in [7, 11) is 1.92. The van der Waals surface area contributed by atoms with E-state index in [0.717, 1.165) is 44.1 Å². The third-order valence-corrected chi connectivity index (χ3v) is 5.24. The van der Waals surface area contributed by atoms with Gasteiger partial charge in [0.2, 0.25) is 5.91 Å². The Morgan fingerprint density at radius 2 is 2.20 bits per heavy atom. The third kappa shape index (κ3) is 1.97. The van der Waals surface area contributed by atoms with E-state index in [4.69, 9.17) is 4.42 Å².